The Bertz CT molecular complexity index is 353. The Kier molecular flexibility index (Phi) is 4.27. The maximum atomic E-state index is 5.33. The Balaban J connectivity index is 3.18. The van der Waals surface area contributed by atoms with Gasteiger partial charge in [0.05, 0.1) is 21.3 Å². The molecule has 0 heterocycles. The van der Waals surface area contributed by atoms with Crippen molar-refractivity contribution in [3.05, 3.63) is 17.7 Å². The molecule has 3 nitrogen and oxygen atoms in total. The van der Waals surface area contributed by atoms with Crippen LogP contribution in [0, 0.1) is 5.41 Å². The Morgan fingerprint density at radius 3 is 1.65 bits per heavy atom. The largest absolute Gasteiger partial charge is 0.493 e. The van der Waals surface area contributed by atoms with Gasteiger partial charge >= 0.3 is 0 Å². The molecule has 3 heteroatoms. The van der Waals surface area contributed by atoms with Gasteiger partial charge in [-0.25, -0.2) is 0 Å². The first-order valence-electron chi connectivity index (χ1n) is 5.70. The van der Waals surface area contributed by atoms with Gasteiger partial charge in [-0.15, -0.1) is 0 Å². The summed E-state index contributed by atoms with van der Waals surface area (Å²) in [5.41, 5.74) is 1.41. The summed E-state index contributed by atoms with van der Waals surface area (Å²) in [4.78, 5) is 0. The van der Waals surface area contributed by atoms with E-state index >= 15 is 0 Å². The van der Waals surface area contributed by atoms with Gasteiger partial charge in [0.2, 0.25) is 5.75 Å². The molecule has 0 aliphatic carbocycles. The van der Waals surface area contributed by atoms with Crippen LogP contribution in [0.3, 0.4) is 0 Å². The van der Waals surface area contributed by atoms with Crippen LogP contribution in [0.2, 0.25) is 0 Å². The number of benzene rings is 1. The molecule has 0 aliphatic heterocycles. The van der Waals surface area contributed by atoms with Crippen LogP contribution in [0.4, 0.5) is 0 Å². The molecule has 0 saturated heterocycles. The van der Waals surface area contributed by atoms with Gasteiger partial charge in [0.1, 0.15) is 0 Å². The van der Waals surface area contributed by atoms with E-state index in [-0.39, 0.29) is 5.41 Å². The molecular formula is C14H22O3. The highest BCUT2D eigenvalue weighted by atomic mass is 16.5. The fourth-order valence-electron chi connectivity index (χ4n) is 1.85. The summed E-state index contributed by atoms with van der Waals surface area (Å²) in [7, 11) is 4.89. The molecule has 0 aliphatic rings. The Morgan fingerprint density at radius 2 is 1.35 bits per heavy atom. The normalized spacial score (nSPS) is 11.2. The van der Waals surface area contributed by atoms with Crippen LogP contribution in [0.5, 0.6) is 17.2 Å². The van der Waals surface area contributed by atoms with Crippen molar-refractivity contribution in [2.24, 2.45) is 5.41 Å². The van der Waals surface area contributed by atoms with Crippen molar-refractivity contribution in [3.8, 4) is 17.2 Å². The molecule has 1 rings (SSSR count). The molecule has 0 amide bonds. The lowest BCUT2D eigenvalue weighted by Crippen LogP contribution is -2.09. The van der Waals surface area contributed by atoms with Crippen molar-refractivity contribution >= 4 is 0 Å². The minimum atomic E-state index is 0.227. The third-order valence-electron chi connectivity index (χ3n) is 2.46. The molecule has 1 aromatic carbocycles. The molecule has 0 spiro atoms. The summed E-state index contributed by atoms with van der Waals surface area (Å²) < 4.78 is 16.0. The predicted octanol–water partition coefficient (Wildman–Crippen LogP) is 3.30. The highest BCUT2D eigenvalue weighted by molar-refractivity contribution is 5.53. The van der Waals surface area contributed by atoms with Gasteiger partial charge in [0, 0.05) is 0 Å². The summed E-state index contributed by atoms with van der Waals surface area (Å²) in [6.07, 6.45) is 0.962. The molecule has 0 fully saturated rings. The second-order valence-corrected chi connectivity index (χ2v) is 5.27. The maximum Gasteiger partial charge on any atom is 0.203 e. The summed E-state index contributed by atoms with van der Waals surface area (Å²) in [6.45, 7) is 6.61. The molecule has 0 bridgehead atoms. The molecule has 0 unspecified atom stereocenters. The van der Waals surface area contributed by atoms with Crippen molar-refractivity contribution in [2.45, 2.75) is 27.2 Å². The van der Waals surface area contributed by atoms with Crippen LogP contribution < -0.4 is 14.2 Å². The van der Waals surface area contributed by atoms with Crippen molar-refractivity contribution in [1.29, 1.82) is 0 Å². The lowest BCUT2D eigenvalue weighted by atomic mass is 9.88. The molecule has 0 atom stereocenters. The van der Waals surface area contributed by atoms with Crippen molar-refractivity contribution in [1.82, 2.24) is 0 Å². The summed E-state index contributed by atoms with van der Waals surface area (Å²) in [6, 6.07) is 4.01. The lowest BCUT2D eigenvalue weighted by molar-refractivity contribution is 0.322. The van der Waals surface area contributed by atoms with Gasteiger partial charge in [-0.3, -0.25) is 0 Å². The van der Waals surface area contributed by atoms with Gasteiger partial charge in [0.15, 0.2) is 11.5 Å². The average molecular weight is 238 g/mol. The zero-order valence-corrected chi connectivity index (χ0v) is 11.6. The number of rotatable bonds is 4. The fourth-order valence-corrected chi connectivity index (χ4v) is 1.85. The molecule has 0 aromatic heterocycles. The van der Waals surface area contributed by atoms with E-state index in [1.54, 1.807) is 21.3 Å². The minimum absolute atomic E-state index is 0.227. The van der Waals surface area contributed by atoms with Crippen molar-refractivity contribution < 1.29 is 14.2 Å². The average Bonchev–Trinajstić information content (AvgIpc) is 2.25. The smallest absolute Gasteiger partial charge is 0.203 e. The van der Waals surface area contributed by atoms with Gasteiger partial charge in [-0.2, -0.15) is 0 Å². The first-order valence-corrected chi connectivity index (χ1v) is 5.70. The number of hydrogen-bond donors (Lipinski definition) is 0. The highest BCUT2D eigenvalue weighted by Gasteiger charge is 2.17. The van der Waals surface area contributed by atoms with E-state index in [2.05, 4.69) is 20.8 Å². The molecule has 0 radical (unpaired) electrons. The quantitative estimate of drug-likeness (QED) is 0.805. The van der Waals surface area contributed by atoms with E-state index in [1.165, 1.54) is 5.56 Å². The lowest BCUT2D eigenvalue weighted by Gasteiger charge is -2.20. The van der Waals surface area contributed by atoms with Crippen molar-refractivity contribution in [2.75, 3.05) is 21.3 Å². The van der Waals surface area contributed by atoms with Crippen LogP contribution in [0.1, 0.15) is 26.3 Å². The van der Waals surface area contributed by atoms with Gasteiger partial charge in [-0.05, 0) is 29.5 Å². The highest BCUT2D eigenvalue weighted by Crippen LogP contribution is 2.39. The van der Waals surface area contributed by atoms with E-state index in [0.29, 0.717) is 17.2 Å². The summed E-state index contributed by atoms with van der Waals surface area (Å²) in [5, 5.41) is 0. The van der Waals surface area contributed by atoms with E-state index in [0.717, 1.165) is 6.42 Å². The first kappa shape index (κ1) is 13.7. The maximum absolute atomic E-state index is 5.33. The second-order valence-electron chi connectivity index (χ2n) is 5.27. The SMILES string of the molecule is COc1cc(CC(C)(C)C)cc(OC)c1OC. The standard InChI is InChI=1S/C14H22O3/c1-14(2,3)9-10-7-11(15-4)13(17-6)12(8-10)16-5/h7-8H,9H2,1-6H3. The Hall–Kier alpha value is -1.38. The zero-order chi connectivity index (χ0) is 13.1. The Labute approximate surface area is 104 Å². The van der Waals surface area contributed by atoms with Crippen LogP contribution in [0.25, 0.3) is 0 Å². The topological polar surface area (TPSA) is 27.7 Å². The van der Waals surface area contributed by atoms with Gasteiger partial charge < -0.3 is 14.2 Å². The predicted molar refractivity (Wildman–Crippen MR) is 69.3 cm³/mol. The Morgan fingerprint density at radius 1 is 0.882 bits per heavy atom. The summed E-state index contributed by atoms with van der Waals surface area (Å²) >= 11 is 0. The van der Waals surface area contributed by atoms with Crippen LogP contribution >= 0.6 is 0 Å². The first-order chi connectivity index (χ1) is 7.91. The van der Waals surface area contributed by atoms with E-state index in [9.17, 15) is 0 Å². The number of ether oxygens (including phenoxy) is 3. The number of hydrogen-bond acceptors (Lipinski definition) is 3. The number of methoxy groups -OCH3 is 3. The van der Waals surface area contributed by atoms with E-state index in [1.807, 2.05) is 12.1 Å². The minimum Gasteiger partial charge on any atom is -0.493 e. The van der Waals surface area contributed by atoms with E-state index < -0.39 is 0 Å². The molecule has 17 heavy (non-hydrogen) atoms. The molecule has 0 N–H and O–H groups in total. The third kappa shape index (κ3) is 3.55. The fraction of sp³-hybridized carbons (Fsp3) is 0.571. The molecule has 0 saturated carbocycles. The monoisotopic (exact) mass is 238 g/mol. The third-order valence-corrected chi connectivity index (χ3v) is 2.46. The van der Waals surface area contributed by atoms with Crippen LogP contribution in [0.15, 0.2) is 12.1 Å². The molecular weight excluding hydrogens is 216 g/mol. The van der Waals surface area contributed by atoms with E-state index in [4.69, 9.17) is 14.2 Å². The van der Waals surface area contributed by atoms with Crippen LogP contribution in [-0.2, 0) is 6.42 Å². The second kappa shape index (κ2) is 5.30. The molecule has 96 valence electrons. The van der Waals surface area contributed by atoms with Crippen LogP contribution in [-0.4, -0.2) is 21.3 Å². The zero-order valence-electron chi connectivity index (χ0n) is 11.6. The molecule has 1 aromatic rings. The van der Waals surface area contributed by atoms with Crippen molar-refractivity contribution in [3.63, 3.8) is 0 Å². The summed E-state index contributed by atoms with van der Waals surface area (Å²) in [5.74, 6) is 2.07. The van der Waals surface area contributed by atoms with Gasteiger partial charge in [-0.1, -0.05) is 20.8 Å². The van der Waals surface area contributed by atoms with Gasteiger partial charge in [0.25, 0.3) is 0 Å².